The SMILES string of the molecule is CCC1CCCCN1c1ncc(Br)cc1CNCC(C)C. The zero-order valence-electron chi connectivity index (χ0n) is 13.5. The Balaban J connectivity index is 2.16. The van der Waals surface area contributed by atoms with Crippen molar-refractivity contribution >= 4 is 21.7 Å². The second-order valence-electron chi connectivity index (χ2n) is 6.41. The Morgan fingerprint density at radius 3 is 2.95 bits per heavy atom. The second kappa shape index (κ2) is 8.14. The minimum atomic E-state index is 0.649. The van der Waals surface area contributed by atoms with E-state index in [0.29, 0.717) is 12.0 Å². The first-order chi connectivity index (χ1) is 10.1. The van der Waals surface area contributed by atoms with E-state index in [0.717, 1.165) is 24.1 Å². The largest absolute Gasteiger partial charge is 0.353 e. The van der Waals surface area contributed by atoms with E-state index in [2.05, 4.69) is 53.0 Å². The summed E-state index contributed by atoms with van der Waals surface area (Å²) in [6.07, 6.45) is 7.08. The zero-order chi connectivity index (χ0) is 15.2. The Labute approximate surface area is 137 Å². The van der Waals surface area contributed by atoms with E-state index < -0.39 is 0 Å². The Kier molecular flexibility index (Phi) is 6.49. The molecular weight excluding hydrogens is 326 g/mol. The van der Waals surface area contributed by atoms with Crippen molar-refractivity contribution in [2.45, 2.75) is 59.0 Å². The van der Waals surface area contributed by atoms with Crippen molar-refractivity contribution in [2.24, 2.45) is 5.92 Å². The zero-order valence-corrected chi connectivity index (χ0v) is 15.1. The molecule has 1 unspecified atom stereocenters. The molecule has 0 amide bonds. The molecule has 21 heavy (non-hydrogen) atoms. The van der Waals surface area contributed by atoms with E-state index in [4.69, 9.17) is 4.98 Å². The third-order valence-electron chi connectivity index (χ3n) is 4.15. The summed E-state index contributed by atoms with van der Waals surface area (Å²) in [6.45, 7) is 9.86. The summed E-state index contributed by atoms with van der Waals surface area (Å²) in [5.74, 6) is 1.85. The molecule has 0 radical (unpaired) electrons. The normalized spacial score (nSPS) is 19.3. The maximum Gasteiger partial charge on any atom is 0.133 e. The highest BCUT2D eigenvalue weighted by atomic mass is 79.9. The average molecular weight is 354 g/mol. The number of anilines is 1. The van der Waals surface area contributed by atoms with Gasteiger partial charge in [-0.2, -0.15) is 0 Å². The first-order valence-corrected chi connectivity index (χ1v) is 9.03. The highest BCUT2D eigenvalue weighted by Crippen LogP contribution is 2.29. The van der Waals surface area contributed by atoms with Crippen molar-refractivity contribution in [1.29, 1.82) is 0 Å². The summed E-state index contributed by atoms with van der Waals surface area (Å²) in [6, 6.07) is 2.87. The van der Waals surface area contributed by atoms with E-state index in [1.54, 1.807) is 0 Å². The maximum atomic E-state index is 4.74. The van der Waals surface area contributed by atoms with Gasteiger partial charge >= 0.3 is 0 Å². The van der Waals surface area contributed by atoms with Crippen LogP contribution < -0.4 is 10.2 Å². The second-order valence-corrected chi connectivity index (χ2v) is 7.33. The summed E-state index contributed by atoms with van der Waals surface area (Å²) in [4.78, 5) is 7.27. The first-order valence-electron chi connectivity index (χ1n) is 8.23. The molecule has 1 N–H and O–H groups in total. The van der Waals surface area contributed by atoms with Gasteiger partial charge in [-0.3, -0.25) is 0 Å². The smallest absolute Gasteiger partial charge is 0.133 e. The lowest BCUT2D eigenvalue weighted by Crippen LogP contribution is -2.40. The molecule has 1 aliphatic heterocycles. The van der Waals surface area contributed by atoms with Crippen LogP contribution >= 0.6 is 15.9 Å². The van der Waals surface area contributed by atoms with Gasteiger partial charge < -0.3 is 10.2 Å². The average Bonchev–Trinajstić information content (AvgIpc) is 2.47. The lowest BCUT2D eigenvalue weighted by atomic mass is 9.99. The lowest BCUT2D eigenvalue weighted by molar-refractivity contribution is 0.444. The van der Waals surface area contributed by atoms with Crippen molar-refractivity contribution < 1.29 is 0 Å². The summed E-state index contributed by atoms with van der Waals surface area (Å²) < 4.78 is 1.07. The molecule has 1 aromatic rings. The minimum Gasteiger partial charge on any atom is -0.353 e. The van der Waals surface area contributed by atoms with Crippen molar-refractivity contribution in [3.63, 3.8) is 0 Å². The highest BCUT2D eigenvalue weighted by molar-refractivity contribution is 9.10. The van der Waals surface area contributed by atoms with Gasteiger partial charge in [0.1, 0.15) is 5.82 Å². The molecule has 1 aliphatic rings. The molecule has 0 aliphatic carbocycles. The van der Waals surface area contributed by atoms with E-state index in [9.17, 15) is 0 Å². The van der Waals surface area contributed by atoms with E-state index in [1.165, 1.54) is 37.1 Å². The molecular formula is C17H28BrN3. The van der Waals surface area contributed by atoms with Crippen molar-refractivity contribution in [2.75, 3.05) is 18.0 Å². The molecule has 0 saturated carbocycles. The summed E-state index contributed by atoms with van der Waals surface area (Å²) >= 11 is 3.56. The van der Waals surface area contributed by atoms with Crippen LogP contribution in [0.5, 0.6) is 0 Å². The highest BCUT2D eigenvalue weighted by Gasteiger charge is 2.24. The van der Waals surface area contributed by atoms with Crippen LogP contribution in [0.4, 0.5) is 5.82 Å². The van der Waals surface area contributed by atoms with Crippen LogP contribution in [-0.4, -0.2) is 24.1 Å². The van der Waals surface area contributed by atoms with Gasteiger partial charge in [-0.1, -0.05) is 20.8 Å². The van der Waals surface area contributed by atoms with Crippen LogP contribution in [0.15, 0.2) is 16.7 Å². The number of piperidine rings is 1. The van der Waals surface area contributed by atoms with Gasteiger partial charge in [0.2, 0.25) is 0 Å². The molecule has 2 heterocycles. The Morgan fingerprint density at radius 1 is 1.43 bits per heavy atom. The number of hydrogen-bond donors (Lipinski definition) is 1. The molecule has 1 saturated heterocycles. The third-order valence-corrected chi connectivity index (χ3v) is 4.58. The summed E-state index contributed by atoms with van der Waals surface area (Å²) in [7, 11) is 0. The quantitative estimate of drug-likeness (QED) is 0.823. The summed E-state index contributed by atoms with van der Waals surface area (Å²) in [5.41, 5.74) is 1.31. The van der Waals surface area contributed by atoms with E-state index in [-0.39, 0.29) is 0 Å². The predicted octanol–water partition coefficient (Wildman–Crippen LogP) is 4.36. The molecule has 1 aromatic heterocycles. The molecule has 2 rings (SSSR count). The maximum absolute atomic E-state index is 4.74. The number of rotatable bonds is 6. The number of hydrogen-bond acceptors (Lipinski definition) is 3. The van der Waals surface area contributed by atoms with Gasteiger partial charge in [-0.05, 0) is 60.1 Å². The monoisotopic (exact) mass is 353 g/mol. The number of aromatic nitrogens is 1. The molecule has 0 aromatic carbocycles. The van der Waals surface area contributed by atoms with Gasteiger partial charge in [0.25, 0.3) is 0 Å². The fourth-order valence-corrected chi connectivity index (χ4v) is 3.44. The molecule has 3 nitrogen and oxygen atoms in total. The van der Waals surface area contributed by atoms with Crippen molar-refractivity contribution in [1.82, 2.24) is 10.3 Å². The molecule has 0 bridgehead atoms. The van der Waals surface area contributed by atoms with Crippen LogP contribution in [0, 0.1) is 5.92 Å². The van der Waals surface area contributed by atoms with Gasteiger partial charge in [0.15, 0.2) is 0 Å². The van der Waals surface area contributed by atoms with Crippen LogP contribution in [0.1, 0.15) is 52.0 Å². The molecule has 118 valence electrons. The fourth-order valence-electron chi connectivity index (χ4n) is 3.06. The standard InChI is InChI=1S/C17H28BrN3/c1-4-16-7-5-6-8-21(16)17-14(9-15(18)12-20-17)11-19-10-13(2)3/h9,12-13,16,19H,4-8,10-11H2,1-3H3. The van der Waals surface area contributed by atoms with Gasteiger partial charge in [-0.25, -0.2) is 4.98 Å². The number of nitrogens with zero attached hydrogens (tertiary/aromatic N) is 2. The Morgan fingerprint density at radius 2 is 2.24 bits per heavy atom. The van der Waals surface area contributed by atoms with Crippen LogP contribution in [0.25, 0.3) is 0 Å². The minimum absolute atomic E-state index is 0.649. The van der Waals surface area contributed by atoms with Crippen LogP contribution in [-0.2, 0) is 6.54 Å². The molecule has 4 heteroatoms. The molecule has 1 fully saturated rings. The lowest BCUT2D eigenvalue weighted by Gasteiger charge is -2.37. The number of halogens is 1. The van der Waals surface area contributed by atoms with Crippen LogP contribution in [0.3, 0.4) is 0 Å². The van der Waals surface area contributed by atoms with Gasteiger partial charge in [0, 0.05) is 35.4 Å². The van der Waals surface area contributed by atoms with E-state index in [1.807, 2.05) is 6.20 Å². The van der Waals surface area contributed by atoms with Gasteiger partial charge in [-0.15, -0.1) is 0 Å². The van der Waals surface area contributed by atoms with Crippen molar-refractivity contribution in [3.05, 3.63) is 22.3 Å². The number of nitrogens with one attached hydrogen (secondary N) is 1. The Bertz CT molecular complexity index is 448. The number of pyridine rings is 1. The third kappa shape index (κ3) is 4.68. The van der Waals surface area contributed by atoms with Crippen molar-refractivity contribution in [3.8, 4) is 0 Å². The first kappa shape index (κ1) is 16.8. The molecule has 0 spiro atoms. The van der Waals surface area contributed by atoms with Crippen LogP contribution in [0.2, 0.25) is 0 Å². The van der Waals surface area contributed by atoms with Gasteiger partial charge in [0.05, 0.1) is 0 Å². The van der Waals surface area contributed by atoms with E-state index >= 15 is 0 Å². The topological polar surface area (TPSA) is 28.2 Å². The molecule has 1 atom stereocenters. The fraction of sp³-hybridized carbons (Fsp3) is 0.706. The Hall–Kier alpha value is -0.610. The predicted molar refractivity (Wildman–Crippen MR) is 93.8 cm³/mol. The summed E-state index contributed by atoms with van der Waals surface area (Å²) in [5, 5.41) is 3.55.